The van der Waals surface area contributed by atoms with Gasteiger partial charge in [0.15, 0.2) is 11.5 Å². The highest BCUT2D eigenvalue weighted by Crippen LogP contribution is 2.37. The lowest BCUT2D eigenvalue weighted by molar-refractivity contribution is -0.117. The van der Waals surface area contributed by atoms with Gasteiger partial charge < -0.3 is 23.9 Å². The number of ether oxygens (including phenoxy) is 3. The summed E-state index contributed by atoms with van der Waals surface area (Å²) >= 11 is 0. The molecule has 5 nitrogen and oxygen atoms in total. The van der Waals surface area contributed by atoms with Gasteiger partial charge >= 0.3 is 0 Å². The lowest BCUT2D eigenvalue weighted by Crippen LogP contribution is -2.25. The van der Waals surface area contributed by atoms with E-state index in [1.165, 1.54) is 6.07 Å². The van der Waals surface area contributed by atoms with Crippen LogP contribution in [0.3, 0.4) is 0 Å². The van der Waals surface area contributed by atoms with Gasteiger partial charge in [0.25, 0.3) is 0 Å². The SMILES string of the molecule is CC(=O)C[C@@H](C)c1ccc(OC2CCN(c3cc4c(cc3F)OCCO4)C2)cc1. The highest BCUT2D eigenvalue weighted by Gasteiger charge is 2.28. The molecule has 29 heavy (non-hydrogen) atoms. The first-order chi connectivity index (χ1) is 14.0. The fraction of sp³-hybridized carbons (Fsp3) is 0.435. The van der Waals surface area contributed by atoms with Crippen molar-refractivity contribution in [1.82, 2.24) is 0 Å². The predicted molar refractivity (Wildman–Crippen MR) is 109 cm³/mol. The third-order valence-corrected chi connectivity index (χ3v) is 5.44. The standard InChI is InChI=1S/C23H26FNO4/c1-15(11-16(2)26)17-3-5-18(6-4-17)29-19-7-8-25(14-19)21-13-23-22(12-20(21)24)27-9-10-28-23/h3-6,12-13,15,19H,7-11,14H2,1-2H3/t15-,19?/m1/s1. The molecule has 1 saturated heterocycles. The number of Topliss-reactive ketones (excluding diaryl/α,β-unsaturated/α-hetero) is 1. The summed E-state index contributed by atoms with van der Waals surface area (Å²) in [7, 11) is 0. The molecule has 2 aliphatic rings. The smallest absolute Gasteiger partial charge is 0.164 e. The fourth-order valence-electron chi connectivity index (χ4n) is 3.96. The molecule has 6 heteroatoms. The Hall–Kier alpha value is -2.76. The zero-order valence-corrected chi connectivity index (χ0v) is 16.8. The largest absolute Gasteiger partial charge is 0.489 e. The average molecular weight is 399 g/mol. The van der Waals surface area contributed by atoms with Crippen LogP contribution in [-0.4, -0.2) is 38.2 Å². The van der Waals surface area contributed by atoms with E-state index in [2.05, 4.69) is 0 Å². The Balaban J connectivity index is 1.39. The van der Waals surface area contributed by atoms with Gasteiger partial charge in [0.1, 0.15) is 36.7 Å². The molecule has 2 heterocycles. The maximum atomic E-state index is 14.6. The van der Waals surface area contributed by atoms with Gasteiger partial charge in [-0.15, -0.1) is 0 Å². The van der Waals surface area contributed by atoms with Crippen LogP contribution < -0.4 is 19.1 Å². The molecule has 2 aliphatic heterocycles. The van der Waals surface area contributed by atoms with E-state index in [4.69, 9.17) is 14.2 Å². The molecule has 0 radical (unpaired) electrons. The second-order valence-corrected chi connectivity index (χ2v) is 7.80. The van der Waals surface area contributed by atoms with E-state index in [9.17, 15) is 9.18 Å². The van der Waals surface area contributed by atoms with Crippen LogP contribution in [-0.2, 0) is 4.79 Å². The summed E-state index contributed by atoms with van der Waals surface area (Å²) in [5.41, 5.74) is 1.65. The topological polar surface area (TPSA) is 48.0 Å². The normalized spacial score (nSPS) is 19.1. The molecule has 0 aromatic heterocycles. The molecule has 0 N–H and O–H groups in total. The molecule has 0 saturated carbocycles. The van der Waals surface area contributed by atoms with E-state index in [1.807, 2.05) is 36.1 Å². The number of carbonyl (C=O) groups excluding carboxylic acids is 1. The molecule has 154 valence electrons. The highest BCUT2D eigenvalue weighted by atomic mass is 19.1. The summed E-state index contributed by atoms with van der Waals surface area (Å²) < 4.78 is 31.7. The second-order valence-electron chi connectivity index (χ2n) is 7.80. The highest BCUT2D eigenvalue weighted by molar-refractivity contribution is 5.76. The molecule has 2 aromatic carbocycles. The summed E-state index contributed by atoms with van der Waals surface area (Å²) in [5, 5.41) is 0. The van der Waals surface area contributed by atoms with Crippen molar-refractivity contribution in [2.24, 2.45) is 0 Å². The number of hydrogen-bond donors (Lipinski definition) is 0. The molecular formula is C23H26FNO4. The summed E-state index contributed by atoms with van der Waals surface area (Å²) in [6.45, 7) is 5.91. The molecule has 1 unspecified atom stereocenters. The molecule has 0 aliphatic carbocycles. The van der Waals surface area contributed by atoms with E-state index < -0.39 is 0 Å². The molecule has 1 fully saturated rings. The quantitative estimate of drug-likeness (QED) is 0.723. The van der Waals surface area contributed by atoms with Crippen LogP contribution in [0.15, 0.2) is 36.4 Å². The minimum absolute atomic E-state index is 0.0110. The van der Waals surface area contributed by atoms with Gasteiger partial charge in [-0.05, 0) is 30.5 Å². The van der Waals surface area contributed by atoms with Crippen molar-refractivity contribution in [2.75, 3.05) is 31.2 Å². The van der Waals surface area contributed by atoms with E-state index in [-0.39, 0.29) is 23.6 Å². The van der Waals surface area contributed by atoms with Crippen molar-refractivity contribution in [2.45, 2.75) is 38.7 Å². The van der Waals surface area contributed by atoms with Crippen LogP contribution in [0.25, 0.3) is 0 Å². The predicted octanol–water partition coefficient (Wildman–Crippen LogP) is 4.34. The first-order valence-corrected chi connectivity index (χ1v) is 10.1. The number of ketones is 1. The Bertz CT molecular complexity index is 883. The van der Waals surface area contributed by atoms with E-state index >= 15 is 0 Å². The maximum Gasteiger partial charge on any atom is 0.164 e. The van der Waals surface area contributed by atoms with Crippen molar-refractivity contribution in [1.29, 1.82) is 0 Å². The van der Waals surface area contributed by atoms with Crippen molar-refractivity contribution < 1.29 is 23.4 Å². The third kappa shape index (κ3) is 4.47. The van der Waals surface area contributed by atoms with Gasteiger partial charge in [-0.3, -0.25) is 0 Å². The molecule has 4 rings (SSSR count). The molecule has 2 aromatic rings. The summed E-state index contributed by atoms with van der Waals surface area (Å²) in [4.78, 5) is 13.3. The number of anilines is 1. The summed E-state index contributed by atoms with van der Waals surface area (Å²) in [5.74, 6) is 1.92. The van der Waals surface area contributed by atoms with Gasteiger partial charge in [0.05, 0.1) is 12.2 Å². The molecule has 2 atom stereocenters. The Labute approximate surface area is 170 Å². The Kier molecular flexibility index (Phi) is 5.60. The van der Waals surface area contributed by atoms with Gasteiger partial charge in [-0.25, -0.2) is 4.39 Å². The Morgan fingerprint density at radius 2 is 1.90 bits per heavy atom. The van der Waals surface area contributed by atoms with Gasteiger partial charge in [0.2, 0.25) is 0 Å². The zero-order valence-electron chi connectivity index (χ0n) is 16.8. The number of fused-ring (bicyclic) bond motifs is 1. The van der Waals surface area contributed by atoms with Gasteiger partial charge in [-0.2, -0.15) is 0 Å². The van der Waals surface area contributed by atoms with Crippen molar-refractivity contribution in [3.8, 4) is 17.2 Å². The minimum atomic E-state index is -0.307. The van der Waals surface area contributed by atoms with Crippen LogP contribution in [0.2, 0.25) is 0 Å². The van der Waals surface area contributed by atoms with Crippen molar-refractivity contribution in [3.63, 3.8) is 0 Å². The lowest BCUT2D eigenvalue weighted by atomic mass is 9.96. The van der Waals surface area contributed by atoms with Crippen LogP contribution in [0, 0.1) is 5.82 Å². The monoisotopic (exact) mass is 399 g/mol. The summed E-state index contributed by atoms with van der Waals surface area (Å²) in [6, 6.07) is 11.0. The van der Waals surface area contributed by atoms with Gasteiger partial charge in [-0.1, -0.05) is 19.1 Å². The lowest BCUT2D eigenvalue weighted by Gasteiger charge is -2.24. The molecule has 0 spiro atoms. The Morgan fingerprint density at radius 1 is 1.21 bits per heavy atom. The zero-order chi connectivity index (χ0) is 20.4. The number of rotatable bonds is 6. The number of halogens is 1. The number of carbonyl (C=O) groups is 1. The minimum Gasteiger partial charge on any atom is -0.489 e. The van der Waals surface area contributed by atoms with Crippen LogP contribution >= 0.6 is 0 Å². The number of nitrogens with zero attached hydrogens (tertiary/aromatic N) is 1. The van der Waals surface area contributed by atoms with Gasteiger partial charge in [0, 0.05) is 31.5 Å². The van der Waals surface area contributed by atoms with E-state index in [0.29, 0.717) is 43.4 Å². The summed E-state index contributed by atoms with van der Waals surface area (Å²) in [6.07, 6.45) is 1.35. The first-order valence-electron chi connectivity index (χ1n) is 10.1. The maximum absolute atomic E-state index is 14.6. The Morgan fingerprint density at radius 3 is 2.59 bits per heavy atom. The van der Waals surface area contributed by atoms with Crippen LogP contribution in [0.5, 0.6) is 17.2 Å². The molecular weight excluding hydrogens is 373 g/mol. The number of benzene rings is 2. The molecule has 0 amide bonds. The second kappa shape index (κ2) is 8.31. The number of hydrogen-bond acceptors (Lipinski definition) is 5. The first kappa shape index (κ1) is 19.6. The van der Waals surface area contributed by atoms with Crippen LogP contribution in [0.1, 0.15) is 38.2 Å². The molecule has 0 bridgehead atoms. The van der Waals surface area contributed by atoms with E-state index in [1.54, 1.807) is 13.0 Å². The van der Waals surface area contributed by atoms with E-state index in [0.717, 1.165) is 24.3 Å². The fourth-order valence-corrected chi connectivity index (χ4v) is 3.96. The average Bonchev–Trinajstić information content (AvgIpc) is 3.15. The van der Waals surface area contributed by atoms with Crippen LogP contribution in [0.4, 0.5) is 10.1 Å². The third-order valence-electron chi connectivity index (χ3n) is 5.44. The van der Waals surface area contributed by atoms with Crippen molar-refractivity contribution >= 4 is 11.5 Å². The van der Waals surface area contributed by atoms with Crippen molar-refractivity contribution in [3.05, 3.63) is 47.8 Å².